The molecule has 68 heavy (non-hydrogen) atoms. The summed E-state index contributed by atoms with van der Waals surface area (Å²) < 4.78 is 22.4. The number of phosphoric acid groups is 1. The monoisotopic (exact) mass is 985 g/mol. The summed E-state index contributed by atoms with van der Waals surface area (Å²) in [6, 6.07) is -0.770. The van der Waals surface area contributed by atoms with Gasteiger partial charge in [-0.1, -0.05) is 322 Å². The molecule has 1 amide bonds. The molecule has 3 atom stereocenters. The lowest BCUT2D eigenvalue weighted by Crippen LogP contribution is -2.46. The minimum atomic E-state index is -4.32. The number of amides is 1. The number of carbonyl (C=O) groups is 1. The molecule has 408 valence electrons. The highest BCUT2D eigenvalue weighted by atomic mass is 31.2. The molecule has 0 rings (SSSR count). The predicted octanol–water partition coefficient (Wildman–Crippen LogP) is 18.9. The second kappa shape index (κ2) is 55.8. The summed E-state index contributed by atoms with van der Waals surface area (Å²) in [6.45, 7) is 4.28. The van der Waals surface area contributed by atoms with Crippen LogP contribution in [-0.2, 0) is 18.4 Å². The summed E-state index contributed by atoms with van der Waals surface area (Å²) >= 11 is 0. The largest absolute Gasteiger partial charge is 0.472 e. The van der Waals surface area contributed by atoms with Crippen LogP contribution in [0.25, 0.3) is 0 Å². The van der Waals surface area contributed by atoms with E-state index < -0.39 is 20.0 Å². The summed E-state index contributed by atoms with van der Waals surface area (Å²) in [4.78, 5) is 22.9. The van der Waals surface area contributed by atoms with Gasteiger partial charge in [0.05, 0.1) is 25.4 Å². The van der Waals surface area contributed by atoms with E-state index in [1.165, 1.54) is 276 Å². The van der Waals surface area contributed by atoms with E-state index in [9.17, 15) is 19.4 Å². The molecule has 0 aliphatic rings. The van der Waals surface area contributed by atoms with Gasteiger partial charge in [-0.05, 0) is 12.8 Å². The van der Waals surface area contributed by atoms with Crippen molar-refractivity contribution in [3.05, 3.63) is 0 Å². The number of phosphoric ester groups is 1. The Hall–Kier alpha value is -0.500. The number of unbranched alkanes of at least 4 members (excludes halogenated alkanes) is 47. The SMILES string of the molecule is CCCCCCCCCCCCCCCCCCCCCCCCCCCCCCCCCCC(=O)N[C@@H](COP(=O)(O)OCCN)[C@H](O)CCCCCCCCCCCCCCCCCCC. The van der Waals surface area contributed by atoms with Crippen molar-refractivity contribution in [2.24, 2.45) is 5.73 Å². The molecule has 0 spiro atoms. The topological polar surface area (TPSA) is 131 Å². The fourth-order valence-corrected chi connectivity index (χ4v) is 10.6. The van der Waals surface area contributed by atoms with Crippen molar-refractivity contribution in [1.29, 1.82) is 0 Å². The minimum Gasteiger partial charge on any atom is -0.391 e. The smallest absolute Gasteiger partial charge is 0.391 e. The Labute approximate surface area is 424 Å². The number of aliphatic hydroxyl groups is 1. The molecule has 0 fully saturated rings. The van der Waals surface area contributed by atoms with E-state index in [2.05, 4.69) is 19.2 Å². The zero-order chi connectivity index (χ0) is 49.5. The Bertz CT molecular complexity index is 1040. The highest BCUT2D eigenvalue weighted by molar-refractivity contribution is 7.47. The average Bonchev–Trinajstić information content (AvgIpc) is 3.33. The molecule has 0 aliphatic carbocycles. The third-order valence-corrected chi connectivity index (χ3v) is 15.4. The number of nitrogens with one attached hydrogen (secondary N) is 1. The second-order valence-electron chi connectivity index (χ2n) is 21.3. The Balaban J connectivity index is 3.80. The quantitative estimate of drug-likeness (QED) is 0.0353. The molecule has 0 aromatic heterocycles. The molecule has 9 heteroatoms. The molecule has 0 saturated heterocycles. The fourth-order valence-electron chi connectivity index (χ4n) is 9.85. The maximum Gasteiger partial charge on any atom is 0.472 e. The third-order valence-electron chi connectivity index (χ3n) is 14.5. The second-order valence-corrected chi connectivity index (χ2v) is 22.7. The van der Waals surface area contributed by atoms with Crippen molar-refractivity contribution in [2.45, 2.75) is 353 Å². The van der Waals surface area contributed by atoms with Gasteiger partial charge >= 0.3 is 7.82 Å². The number of hydrogen-bond acceptors (Lipinski definition) is 6. The molecule has 8 nitrogen and oxygen atoms in total. The van der Waals surface area contributed by atoms with E-state index in [1.54, 1.807) is 0 Å². The first-order valence-corrected chi connectivity index (χ1v) is 32.1. The first kappa shape index (κ1) is 67.5. The van der Waals surface area contributed by atoms with Crippen LogP contribution < -0.4 is 11.1 Å². The Morgan fingerprint density at radius 3 is 0.941 bits per heavy atom. The van der Waals surface area contributed by atoms with Crippen LogP contribution in [0, 0.1) is 0 Å². The van der Waals surface area contributed by atoms with Crippen molar-refractivity contribution in [1.82, 2.24) is 5.32 Å². The van der Waals surface area contributed by atoms with Crippen LogP contribution in [-0.4, -0.2) is 47.8 Å². The molecule has 0 aromatic rings. The Morgan fingerprint density at radius 1 is 0.426 bits per heavy atom. The van der Waals surface area contributed by atoms with Crippen LogP contribution in [0.3, 0.4) is 0 Å². The van der Waals surface area contributed by atoms with Gasteiger partial charge < -0.3 is 21.1 Å². The van der Waals surface area contributed by atoms with Crippen molar-refractivity contribution in [3.8, 4) is 0 Å². The summed E-state index contributed by atoms with van der Waals surface area (Å²) in [5, 5.41) is 13.9. The van der Waals surface area contributed by atoms with Crippen LogP contribution in [0.5, 0.6) is 0 Å². The normalized spacial score (nSPS) is 13.5. The molecule has 0 aromatic carbocycles. The van der Waals surface area contributed by atoms with Crippen LogP contribution in [0.1, 0.15) is 341 Å². The van der Waals surface area contributed by atoms with E-state index in [0.29, 0.717) is 12.8 Å². The molecule has 0 aliphatic heterocycles. The molecule has 0 saturated carbocycles. The highest BCUT2D eigenvalue weighted by Crippen LogP contribution is 2.43. The number of hydrogen-bond donors (Lipinski definition) is 4. The van der Waals surface area contributed by atoms with Crippen LogP contribution in [0.4, 0.5) is 0 Å². The van der Waals surface area contributed by atoms with E-state index >= 15 is 0 Å². The Kier molecular flexibility index (Phi) is 55.4. The summed E-state index contributed by atoms with van der Waals surface area (Å²) in [5.74, 6) is -0.152. The molecular formula is C59H121N2O6P. The minimum absolute atomic E-state index is 0.0930. The van der Waals surface area contributed by atoms with Gasteiger partial charge in [0.25, 0.3) is 0 Å². The number of nitrogens with two attached hydrogens (primary N) is 1. The van der Waals surface area contributed by atoms with Crippen LogP contribution in [0.2, 0.25) is 0 Å². The third kappa shape index (κ3) is 53.3. The summed E-state index contributed by atoms with van der Waals surface area (Å²) in [5.41, 5.74) is 5.42. The molecule has 1 unspecified atom stereocenters. The van der Waals surface area contributed by atoms with Crippen LogP contribution in [0.15, 0.2) is 0 Å². The number of carbonyl (C=O) groups excluding carboxylic acids is 1. The zero-order valence-electron chi connectivity index (χ0n) is 45.9. The fraction of sp³-hybridized carbons (Fsp3) is 0.983. The lowest BCUT2D eigenvalue weighted by atomic mass is 10.0. The number of rotatable bonds is 59. The molecule has 5 N–H and O–H groups in total. The van der Waals surface area contributed by atoms with Crippen molar-refractivity contribution < 1.29 is 28.4 Å². The predicted molar refractivity (Wildman–Crippen MR) is 296 cm³/mol. The van der Waals surface area contributed by atoms with Gasteiger partial charge in [-0.2, -0.15) is 0 Å². The molecule has 0 heterocycles. The lowest BCUT2D eigenvalue weighted by Gasteiger charge is -2.25. The summed E-state index contributed by atoms with van der Waals surface area (Å²) in [6.07, 6.45) is 66.0. The van der Waals surface area contributed by atoms with E-state index in [0.717, 1.165) is 38.5 Å². The van der Waals surface area contributed by atoms with Gasteiger partial charge in [-0.3, -0.25) is 13.8 Å². The standard InChI is InChI=1S/C59H121N2O6P/c1-3-5-7-9-11-13-15-17-19-21-22-23-24-25-26-27-28-29-30-31-32-33-34-35-37-39-41-43-45-47-49-51-53-59(63)61-57(56-67-68(64,65)66-55-54-60)58(62)52-50-48-46-44-42-40-38-36-20-18-16-14-12-10-8-6-4-2/h57-58,62H,3-56,60H2,1-2H3,(H,61,63)(H,64,65)/t57-,58+/m0/s1. The van der Waals surface area contributed by atoms with Gasteiger partial charge in [-0.15, -0.1) is 0 Å². The van der Waals surface area contributed by atoms with Gasteiger partial charge in [-0.25, -0.2) is 4.57 Å². The van der Waals surface area contributed by atoms with Gasteiger partial charge in [0.15, 0.2) is 0 Å². The van der Waals surface area contributed by atoms with Crippen molar-refractivity contribution >= 4 is 13.7 Å². The maximum atomic E-state index is 12.9. The average molecular weight is 986 g/mol. The van der Waals surface area contributed by atoms with E-state index in [1.807, 2.05) is 0 Å². The highest BCUT2D eigenvalue weighted by Gasteiger charge is 2.27. The molecule has 0 bridgehead atoms. The zero-order valence-corrected chi connectivity index (χ0v) is 46.8. The first-order chi connectivity index (χ1) is 33.4. The molecule has 0 radical (unpaired) electrons. The van der Waals surface area contributed by atoms with Crippen LogP contribution >= 0.6 is 7.82 Å². The van der Waals surface area contributed by atoms with Gasteiger partial charge in [0.2, 0.25) is 5.91 Å². The summed E-state index contributed by atoms with van der Waals surface area (Å²) in [7, 11) is -4.32. The van der Waals surface area contributed by atoms with E-state index in [-0.39, 0.29) is 25.7 Å². The maximum absolute atomic E-state index is 12.9. The van der Waals surface area contributed by atoms with E-state index in [4.69, 9.17) is 14.8 Å². The van der Waals surface area contributed by atoms with Gasteiger partial charge in [0, 0.05) is 13.0 Å². The van der Waals surface area contributed by atoms with Crippen molar-refractivity contribution in [2.75, 3.05) is 19.8 Å². The number of aliphatic hydroxyl groups excluding tert-OH is 1. The first-order valence-electron chi connectivity index (χ1n) is 30.7. The molecular weight excluding hydrogens is 864 g/mol. The Morgan fingerprint density at radius 2 is 0.676 bits per heavy atom. The lowest BCUT2D eigenvalue weighted by molar-refractivity contribution is -0.123. The van der Waals surface area contributed by atoms with Crippen molar-refractivity contribution in [3.63, 3.8) is 0 Å². The van der Waals surface area contributed by atoms with Gasteiger partial charge in [0.1, 0.15) is 0 Å².